The number of carboxylic acids is 1. The Morgan fingerprint density at radius 3 is 2.52 bits per heavy atom. The van der Waals surface area contributed by atoms with Gasteiger partial charge in [-0.05, 0) is 6.92 Å². The number of aliphatic carboxylic acids is 1. The molecule has 1 aromatic heterocycles. The molecule has 1 saturated heterocycles. The number of carbonyl (C=O) groups excluding carboxylic acids is 2. The molecule has 3 amide bonds. The van der Waals surface area contributed by atoms with Gasteiger partial charge in [-0.25, -0.2) is 9.59 Å². The fraction of sp³-hybridized carbons (Fsp3) is 0.643. The van der Waals surface area contributed by atoms with E-state index in [1.807, 2.05) is 4.90 Å². The number of piperazine rings is 1. The first-order valence-electron chi connectivity index (χ1n) is 8.33. The molecule has 0 aliphatic carbocycles. The van der Waals surface area contributed by atoms with Crippen LogP contribution in [0.3, 0.4) is 0 Å². The quantitative estimate of drug-likeness (QED) is 0.279. The van der Waals surface area contributed by atoms with Gasteiger partial charge in [-0.15, -0.1) is 5.10 Å². The van der Waals surface area contributed by atoms with Crippen LogP contribution < -0.4 is 26.6 Å². The molecule has 0 saturated carbocycles. The SMILES string of the molecule is CC(O)[C@H](NC(=O)N[C@@H](CC(N)=O)c1nnc(N2CCNCC2)o1)C(=O)O. The minimum Gasteiger partial charge on any atom is -0.480 e. The number of nitrogens with one attached hydrogen (secondary N) is 3. The van der Waals surface area contributed by atoms with Gasteiger partial charge in [-0.3, -0.25) is 4.79 Å². The predicted molar refractivity (Wildman–Crippen MR) is 90.7 cm³/mol. The number of nitrogens with two attached hydrogens (primary N) is 1. The highest BCUT2D eigenvalue weighted by Crippen LogP contribution is 2.20. The van der Waals surface area contributed by atoms with Crippen LogP contribution >= 0.6 is 0 Å². The van der Waals surface area contributed by atoms with E-state index in [1.54, 1.807) is 0 Å². The lowest BCUT2D eigenvalue weighted by Gasteiger charge is -2.25. The van der Waals surface area contributed by atoms with Crippen molar-refractivity contribution in [3.8, 4) is 0 Å². The Bertz CT molecular complexity index is 673. The first-order chi connectivity index (χ1) is 12.8. The molecular weight excluding hydrogens is 362 g/mol. The summed E-state index contributed by atoms with van der Waals surface area (Å²) >= 11 is 0. The van der Waals surface area contributed by atoms with Gasteiger partial charge < -0.3 is 41.2 Å². The highest BCUT2D eigenvalue weighted by atomic mass is 16.4. The van der Waals surface area contributed by atoms with Gasteiger partial charge in [0.25, 0.3) is 0 Å². The number of nitrogens with zero attached hydrogens (tertiary/aromatic N) is 3. The van der Waals surface area contributed by atoms with Crippen molar-refractivity contribution < 1.29 is 29.0 Å². The summed E-state index contributed by atoms with van der Waals surface area (Å²) in [5.74, 6) is -2.18. The first-order valence-corrected chi connectivity index (χ1v) is 8.33. The molecular formula is C14H23N7O6. The number of amides is 3. The molecule has 1 aliphatic rings. The van der Waals surface area contributed by atoms with E-state index in [0.29, 0.717) is 13.1 Å². The van der Waals surface area contributed by atoms with Crippen molar-refractivity contribution in [3.63, 3.8) is 0 Å². The molecule has 2 rings (SSSR count). The van der Waals surface area contributed by atoms with Crippen molar-refractivity contribution in [1.82, 2.24) is 26.1 Å². The highest BCUT2D eigenvalue weighted by Gasteiger charge is 2.29. The van der Waals surface area contributed by atoms with E-state index in [4.69, 9.17) is 15.3 Å². The second-order valence-corrected chi connectivity index (χ2v) is 6.06. The van der Waals surface area contributed by atoms with Crippen molar-refractivity contribution in [3.05, 3.63) is 5.89 Å². The van der Waals surface area contributed by atoms with Crippen molar-refractivity contribution in [1.29, 1.82) is 0 Å². The molecule has 27 heavy (non-hydrogen) atoms. The molecule has 150 valence electrons. The van der Waals surface area contributed by atoms with Crippen LogP contribution in [0.25, 0.3) is 0 Å². The number of anilines is 1. The summed E-state index contributed by atoms with van der Waals surface area (Å²) in [6.07, 6.45) is -1.66. The normalized spacial score (nSPS) is 17.6. The third-order valence-electron chi connectivity index (χ3n) is 3.86. The zero-order valence-corrected chi connectivity index (χ0v) is 14.7. The standard InChI is InChI=1S/C14H23N7O6/c1-7(22)10(12(24)25)18-13(26)17-8(6-9(15)23)11-19-20-14(27-11)21-4-2-16-3-5-21/h7-8,10,16,22H,2-6H2,1H3,(H2,15,23)(H,24,25)(H2,17,18,26)/t7?,8-,10-/m0/s1. The van der Waals surface area contributed by atoms with Crippen molar-refractivity contribution in [2.75, 3.05) is 31.1 Å². The smallest absolute Gasteiger partial charge is 0.328 e. The predicted octanol–water partition coefficient (Wildman–Crippen LogP) is -2.47. The fourth-order valence-electron chi connectivity index (χ4n) is 2.48. The van der Waals surface area contributed by atoms with Crippen LogP contribution in [-0.4, -0.2) is 76.6 Å². The maximum absolute atomic E-state index is 12.1. The molecule has 0 radical (unpaired) electrons. The van der Waals surface area contributed by atoms with Gasteiger partial charge >= 0.3 is 18.0 Å². The lowest BCUT2D eigenvalue weighted by atomic mass is 10.2. The summed E-state index contributed by atoms with van der Waals surface area (Å²) in [6, 6.07) is -3.26. The fourth-order valence-corrected chi connectivity index (χ4v) is 2.48. The summed E-state index contributed by atoms with van der Waals surface area (Å²) in [5, 5.41) is 33.8. The Balaban J connectivity index is 2.08. The number of hydrogen-bond acceptors (Lipinski definition) is 9. The van der Waals surface area contributed by atoms with E-state index in [0.717, 1.165) is 13.1 Å². The van der Waals surface area contributed by atoms with Gasteiger partial charge in [0.05, 0.1) is 12.5 Å². The molecule has 3 atom stereocenters. The number of aliphatic hydroxyl groups excluding tert-OH is 1. The number of primary amides is 1. The third kappa shape index (κ3) is 5.79. The molecule has 0 spiro atoms. The minimum absolute atomic E-state index is 0.0404. The monoisotopic (exact) mass is 385 g/mol. The van der Waals surface area contributed by atoms with E-state index in [-0.39, 0.29) is 18.3 Å². The van der Waals surface area contributed by atoms with Crippen LogP contribution in [0, 0.1) is 0 Å². The van der Waals surface area contributed by atoms with Gasteiger partial charge in [0, 0.05) is 26.2 Å². The number of carbonyl (C=O) groups is 3. The molecule has 1 aliphatic heterocycles. The summed E-state index contributed by atoms with van der Waals surface area (Å²) in [4.78, 5) is 36.3. The minimum atomic E-state index is -1.53. The highest BCUT2D eigenvalue weighted by molar-refractivity contribution is 5.83. The number of urea groups is 1. The number of aliphatic hydroxyl groups is 1. The summed E-state index contributed by atoms with van der Waals surface area (Å²) in [7, 11) is 0. The number of carboxylic acid groups (broad SMARTS) is 1. The number of rotatable bonds is 8. The average molecular weight is 385 g/mol. The lowest BCUT2D eigenvalue weighted by Crippen LogP contribution is -2.52. The zero-order valence-electron chi connectivity index (χ0n) is 14.7. The van der Waals surface area contributed by atoms with Gasteiger partial charge in [0.1, 0.15) is 6.04 Å². The third-order valence-corrected chi connectivity index (χ3v) is 3.86. The van der Waals surface area contributed by atoms with Crippen LogP contribution in [0.1, 0.15) is 25.3 Å². The Labute approximate surface area is 154 Å². The maximum Gasteiger partial charge on any atom is 0.328 e. The van der Waals surface area contributed by atoms with E-state index in [1.165, 1.54) is 6.92 Å². The largest absolute Gasteiger partial charge is 0.480 e. The van der Waals surface area contributed by atoms with Crippen LogP contribution in [-0.2, 0) is 9.59 Å². The second-order valence-electron chi connectivity index (χ2n) is 6.06. The van der Waals surface area contributed by atoms with Crippen LogP contribution in [0.15, 0.2) is 4.42 Å². The van der Waals surface area contributed by atoms with Gasteiger partial charge in [-0.2, -0.15) is 0 Å². The van der Waals surface area contributed by atoms with Gasteiger partial charge in [0.2, 0.25) is 11.8 Å². The first kappa shape index (κ1) is 20.4. The Morgan fingerprint density at radius 2 is 1.96 bits per heavy atom. The molecule has 0 bridgehead atoms. The Morgan fingerprint density at radius 1 is 1.30 bits per heavy atom. The Hall–Kier alpha value is -2.93. The molecule has 7 N–H and O–H groups in total. The Kier molecular flexibility index (Phi) is 6.90. The molecule has 13 nitrogen and oxygen atoms in total. The van der Waals surface area contributed by atoms with E-state index >= 15 is 0 Å². The van der Waals surface area contributed by atoms with Crippen molar-refractivity contribution in [2.24, 2.45) is 5.73 Å². The summed E-state index contributed by atoms with van der Waals surface area (Å²) in [5.41, 5.74) is 5.20. The van der Waals surface area contributed by atoms with Crippen LogP contribution in [0.5, 0.6) is 0 Å². The van der Waals surface area contributed by atoms with E-state index in [2.05, 4.69) is 26.1 Å². The van der Waals surface area contributed by atoms with Crippen molar-refractivity contribution in [2.45, 2.75) is 31.5 Å². The van der Waals surface area contributed by atoms with E-state index < -0.39 is 36.1 Å². The number of aromatic nitrogens is 2. The number of hydrogen-bond donors (Lipinski definition) is 6. The lowest BCUT2D eigenvalue weighted by molar-refractivity contribution is -0.141. The second kappa shape index (κ2) is 9.14. The van der Waals surface area contributed by atoms with Crippen molar-refractivity contribution >= 4 is 23.9 Å². The topological polar surface area (TPSA) is 196 Å². The zero-order chi connectivity index (χ0) is 20.0. The summed E-state index contributed by atoms with van der Waals surface area (Å²) < 4.78 is 5.55. The van der Waals surface area contributed by atoms with Crippen LogP contribution in [0.4, 0.5) is 10.8 Å². The van der Waals surface area contributed by atoms with Gasteiger partial charge in [0.15, 0.2) is 6.04 Å². The molecule has 13 heteroatoms. The van der Waals surface area contributed by atoms with Gasteiger partial charge in [-0.1, -0.05) is 5.10 Å². The summed E-state index contributed by atoms with van der Waals surface area (Å²) in [6.45, 7) is 4.03. The molecule has 1 aromatic rings. The van der Waals surface area contributed by atoms with E-state index in [9.17, 15) is 19.5 Å². The molecule has 2 heterocycles. The average Bonchev–Trinajstić information content (AvgIpc) is 3.09. The van der Waals surface area contributed by atoms with Crippen LogP contribution in [0.2, 0.25) is 0 Å². The maximum atomic E-state index is 12.1. The molecule has 1 fully saturated rings. The molecule has 0 aromatic carbocycles. The molecule has 1 unspecified atom stereocenters.